The third-order valence-corrected chi connectivity index (χ3v) is 3.91. The summed E-state index contributed by atoms with van der Waals surface area (Å²) in [5.41, 5.74) is 0.283. The summed E-state index contributed by atoms with van der Waals surface area (Å²) < 4.78 is 39.6. The Bertz CT molecular complexity index is 574. The molecule has 0 aliphatic carbocycles. The number of hydrogen-bond donors (Lipinski definition) is 1. The zero-order valence-corrected chi connectivity index (χ0v) is 12.0. The van der Waals surface area contributed by atoms with Crippen LogP contribution in [0.2, 0.25) is 0 Å². The van der Waals surface area contributed by atoms with E-state index in [0.29, 0.717) is 6.54 Å². The zero-order chi connectivity index (χ0) is 14.8. The number of aryl methyl sites for hydroxylation is 2. The number of nitrogens with one attached hydrogen (secondary N) is 1. The highest BCUT2D eigenvalue weighted by molar-refractivity contribution is 7.09. The first-order valence-corrected chi connectivity index (χ1v) is 7.01. The molecule has 0 bridgehead atoms. The van der Waals surface area contributed by atoms with Crippen LogP contribution in [0, 0.1) is 0 Å². The Kier molecular flexibility index (Phi) is 4.44. The summed E-state index contributed by atoms with van der Waals surface area (Å²) in [6.07, 6.45) is -2.65. The molecule has 2 heterocycles. The highest BCUT2D eigenvalue weighted by atomic mass is 32.1. The predicted molar refractivity (Wildman–Crippen MR) is 70.2 cm³/mol. The third-order valence-electron chi connectivity index (χ3n) is 2.87. The minimum Gasteiger partial charge on any atom is -0.305 e. The van der Waals surface area contributed by atoms with Gasteiger partial charge in [-0.2, -0.15) is 18.3 Å². The maximum Gasteiger partial charge on any atom is 0.419 e. The first-order valence-electron chi connectivity index (χ1n) is 6.14. The van der Waals surface area contributed by atoms with Crippen LogP contribution < -0.4 is 5.32 Å². The van der Waals surface area contributed by atoms with Crippen molar-refractivity contribution in [1.82, 2.24) is 20.1 Å². The van der Waals surface area contributed by atoms with Crippen LogP contribution in [0.4, 0.5) is 13.2 Å². The van der Waals surface area contributed by atoms with Crippen molar-refractivity contribution < 1.29 is 13.2 Å². The van der Waals surface area contributed by atoms with E-state index in [4.69, 9.17) is 0 Å². The summed E-state index contributed by atoms with van der Waals surface area (Å²) >= 11 is 1.56. The molecule has 0 radical (unpaired) electrons. The van der Waals surface area contributed by atoms with Crippen molar-refractivity contribution in [3.8, 4) is 0 Å². The van der Waals surface area contributed by atoms with E-state index in [1.165, 1.54) is 11.7 Å². The maximum atomic E-state index is 12.8. The van der Waals surface area contributed by atoms with Crippen molar-refractivity contribution in [3.05, 3.63) is 33.5 Å². The summed E-state index contributed by atoms with van der Waals surface area (Å²) in [5, 5.41) is 9.59. The highest BCUT2D eigenvalue weighted by Crippen LogP contribution is 2.31. The molecular formula is C12H15F3N4S. The molecule has 8 heteroatoms. The largest absolute Gasteiger partial charge is 0.419 e. The van der Waals surface area contributed by atoms with Gasteiger partial charge in [0, 0.05) is 25.5 Å². The number of hydrogen-bond acceptors (Lipinski definition) is 4. The Balaban J connectivity index is 1.99. The van der Waals surface area contributed by atoms with E-state index in [0.717, 1.165) is 23.3 Å². The van der Waals surface area contributed by atoms with Gasteiger partial charge < -0.3 is 5.32 Å². The van der Waals surface area contributed by atoms with Gasteiger partial charge in [-0.05, 0) is 6.42 Å². The lowest BCUT2D eigenvalue weighted by molar-refractivity contribution is -0.138. The van der Waals surface area contributed by atoms with Gasteiger partial charge in [-0.3, -0.25) is 4.68 Å². The molecular weight excluding hydrogens is 289 g/mol. The van der Waals surface area contributed by atoms with E-state index in [-0.39, 0.29) is 12.2 Å². The molecule has 0 aliphatic rings. The standard InChI is InChI=1S/C12H15F3N4S/c1-3-11-18-8(7-20-11)4-16-6-10-9(12(13,14)15)5-17-19(10)2/h5,7,16H,3-4,6H2,1-2H3. The van der Waals surface area contributed by atoms with Crippen LogP contribution in [0.5, 0.6) is 0 Å². The van der Waals surface area contributed by atoms with Crippen molar-refractivity contribution in [2.24, 2.45) is 7.05 Å². The van der Waals surface area contributed by atoms with Crippen molar-refractivity contribution in [1.29, 1.82) is 0 Å². The molecule has 0 atom stereocenters. The highest BCUT2D eigenvalue weighted by Gasteiger charge is 2.35. The fourth-order valence-corrected chi connectivity index (χ4v) is 2.56. The molecule has 0 aliphatic heterocycles. The van der Waals surface area contributed by atoms with Gasteiger partial charge in [0.05, 0.1) is 28.2 Å². The summed E-state index contributed by atoms with van der Waals surface area (Å²) in [6, 6.07) is 0. The molecule has 1 N–H and O–H groups in total. The van der Waals surface area contributed by atoms with E-state index in [9.17, 15) is 13.2 Å². The minimum absolute atomic E-state index is 0.102. The normalized spacial score (nSPS) is 12.1. The Labute approximate surface area is 118 Å². The summed E-state index contributed by atoms with van der Waals surface area (Å²) in [5.74, 6) is 0. The average Bonchev–Trinajstić information content (AvgIpc) is 2.96. The summed E-state index contributed by atoms with van der Waals surface area (Å²) in [7, 11) is 1.50. The third kappa shape index (κ3) is 3.37. The number of halogens is 3. The molecule has 2 aromatic heterocycles. The molecule has 2 rings (SSSR count). The molecule has 20 heavy (non-hydrogen) atoms. The molecule has 0 aromatic carbocycles. The number of aromatic nitrogens is 3. The molecule has 0 fully saturated rings. The average molecular weight is 304 g/mol. The Morgan fingerprint density at radius 1 is 1.35 bits per heavy atom. The van der Waals surface area contributed by atoms with Crippen molar-refractivity contribution in [2.45, 2.75) is 32.6 Å². The first-order chi connectivity index (χ1) is 9.41. The number of alkyl halides is 3. The zero-order valence-electron chi connectivity index (χ0n) is 11.2. The van der Waals surface area contributed by atoms with Crippen LogP contribution in [-0.4, -0.2) is 14.8 Å². The first kappa shape index (κ1) is 15.0. The van der Waals surface area contributed by atoms with Crippen LogP contribution in [0.3, 0.4) is 0 Å². The lowest BCUT2D eigenvalue weighted by atomic mass is 10.2. The molecule has 2 aromatic rings. The van der Waals surface area contributed by atoms with Crippen LogP contribution in [0.15, 0.2) is 11.6 Å². The summed E-state index contributed by atoms with van der Waals surface area (Å²) in [6.45, 7) is 2.56. The smallest absolute Gasteiger partial charge is 0.305 e. The summed E-state index contributed by atoms with van der Waals surface area (Å²) in [4.78, 5) is 4.35. The van der Waals surface area contributed by atoms with E-state index < -0.39 is 11.7 Å². The van der Waals surface area contributed by atoms with Gasteiger partial charge in [-0.15, -0.1) is 11.3 Å². The van der Waals surface area contributed by atoms with Gasteiger partial charge in [-0.25, -0.2) is 4.98 Å². The Morgan fingerprint density at radius 3 is 2.70 bits per heavy atom. The van der Waals surface area contributed by atoms with E-state index in [1.807, 2.05) is 12.3 Å². The molecule has 110 valence electrons. The molecule has 0 amide bonds. The Morgan fingerprint density at radius 2 is 2.10 bits per heavy atom. The lowest BCUT2D eigenvalue weighted by Crippen LogP contribution is -2.19. The van der Waals surface area contributed by atoms with Crippen LogP contribution >= 0.6 is 11.3 Å². The van der Waals surface area contributed by atoms with Crippen molar-refractivity contribution in [3.63, 3.8) is 0 Å². The van der Waals surface area contributed by atoms with E-state index >= 15 is 0 Å². The second-order valence-corrected chi connectivity index (χ2v) is 5.26. The van der Waals surface area contributed by atoms with Crippen molar-refractivity contribution >= 4 is 11.3 Å². The van der Waals surface area contributed by atoms with Crippen LogP contribution in [-0.2, 0) is 32.7 Å². The fraction of sp³-hybridized carbons (Fsp3) is 0.500. The SMILES string of the molecule is CCc1nc(CNCc2c(C(F)(F)F)cnn2C)cs1. The van der Waals surface area contributed by atoms with Gasteiger partial charge >= 0.3 is 6.18 Å². The minimum atomic E-state index is -4.37. The predicted octanol–water partition coefficient (Wildman–Crippen LogP) is 2.75. The van der Waals surface area contributed by atoms with Crippen molar-refractivity contribution in [2.75, 3.05) is 0 Å². The van der Waals surface area contributed by atoms with Gasteiger partial charge in [0.15, 0.2) is 0 Å². The lowest BCUT2D eigenvalue weighted by Gasteiger charge is -2.09. The van der Waals surface area contributed by atoms with Gasteiger partial charge in [-0.1, -0.05) is 6.92 Å². The van der Waals surface area contributed by atoms with Gasteiger partial charge in [0.2, 0.25) is 0 Å². The fourth-order valence-electron chi connectivity index (χ4n) is 1.81. The molecule has 4 nitrogen and oxygen atoms in total. The number of rotatable bonds is 5. The van der Waals surface area contributed by atoms with Gasteiger partial charge in [0.25, 0.3) is 0 Å². The molecule has 0 unspecified atom stereocenters. The maximum absolute atomic E-state index is 12.8. The second kappa shape index (κ2) is 5.92. The van der Waals surface area contributed by atoms with Crippen LogP contribution in [0.1, 0.15) is 28.9 Å². The molecule has 0 saturated carbocycles. The Hall–Kier alpha value is -1.41. The van der Waals surface area contributed by atoms with Crippen LogP contribution in [0.25, 0.3) is 0 Å². The number of thiazole rings is 1. The van der Waals surface area contributed by atoms with E-state index in [2.05, 4.69) is 15.4 Å². The molecule has 0 spiro atoms. The second-order valence-electron chi connectivity index (χ2n) is 4.32. The topological polar surface area (TPSA) is 42.7 Å². The number of nitrogens with zero attached hydrogens (tertiary/aromatic N) is 3. The van der Waals surface area contributed by atoms with E-state index in [1.54, 1.807) is 11.3 Å². The van der Waals surface area contributed by atoms with Gasteiger partial charge in [0.1, 0.15) is 0 Å². The monoisotopic (exact) mass is 304 g/mol. The quantitative estimate of drug-likeness (QED) is 0.923. The molecule has 0 saturated heterocycles.